The number of hydrogen-bond acceptors (Lipinski definition) is 5. The molecule has 0 amide bonds. The minimum absolute atomic E-state index is 0.0391. The summed E-state index contributed by atoms with van der Waals surface area (Å²) in [5.74, 6) is -0.335. The average Bonchev–Trinajstić information content (AvgIpc) is 2.68. The molecular weight excluding hydrogens is 334 g/mol. The summed E-state index contributed by atoms with van der Waals surface area (Å²) < 4.78 is 10.9. The van der Waals surface area contributed by atoms with Crippen molar-refractivity contribution in [3.8, 4) is 11.5 Å². The maximum Gasteiger partial charge on any atom is 0.343 e. The van der Waals surface area contributed by atoms with Crippen molar-refractivity contribution in [1.29, 1.82) is 0 Å². The van der Waals surface area contributed by atoms with Gasteiger partial charge in [-0.3, -0.25) is 10.1 Å². The highest BCUT2D eigenvalue weighted by atomic mass is 16.6. The Morgan fingerprint density at radius 1 is 0.923 bits per heavy atom. The number of hydrogen-bond donors (Lipinski definition) is 0. The maximum absolute atomic E-state index is 12.1. The Morgan fingerprint density at radius 3 is 2.23 bits per heavy atom. The molecule has 3 aromatic rings. The maximum atomic E-state index is 12.1. The molecule has 3 aromatic carbocycles. The smallest absolute Gasteiger partial charge is 0.343 e. The zero-order chi connectivity index (χ0) is 18.4. The van der Waals surface area contributed by atoms with Crippen molar-refractivity contribution in [1.82, 2.24) is 0 Å². The van der Waals surface area contributed by atoms with Gasteiger partial charge in [-0.15, -0.1) is 0 Å². The zero-order valence-electron chi connectivity index (χ0n) is 13.7. The number of nitrogens with zero attached hydrogens (tertiary/aromatic N) is 1. The summed E-state index contributed by atoms with van der Waals surface area (Å²) in [7, 11) is 0. The first kappa shape index (κ1) is 17.2. The Balaban J connectivity index is 1.79. The van der Waals surface area contributed by atoms with E-state index in [-0.39, 0.29) is 23.8 Å². The van der Waals surface area contributed by atoms with E-state index < -0.39 is 10.9 Å². The highest BCUT2D eigenvalue weighted by Gasteiger charge is 2.18. The summed E-state index contributed by atoms with van der Waals surface area (Å²) in [6.45, 7) is 0.164. The lowest BCUT2D eigenvalue weighted by Crippen LogP contribution is -2.08. The van der Waals surface area contributed by atoms with E-state index in [0.717, 1.165) is 5.56 Å². The van der Waals surface area contributed by atoms with E-state index in [1.807, 2.05) is 30.3 Å². The fourth-order valence-electron chi connectivity index (χ4n) is 2.30. The number of rotatable bonds is 6. The first-order valence-corrected chi connectivity index (χ1v) is 7.86. The lowest BCUT2D eigenvalue weighted by atomic mass is 10.2. The summed E-state index contributed by atoms with van der Waals surface area (Å²) in [5.41, 5.74) is 1.06. The zero-order valence-corrected chi connectivity index (χ0v) is 13.7. The van der Waals surface area contributed by atoms with Crippen LogP contribution in [0.1, 0.15) is 15.9 Å². The minimum atomic E-state index is -0.548. The quantitative estimate of drug-likeness (QED) is 0.285. The first-order chi connectivity index (χ1) is 12.6. The summed E-state index contributed by atoms with van der Waals surface area (Å²) >= 11 is 0. The molecule has 0 unspecified atom stereocenters. The van der Waals surface area contributed by atoms with Crippen LogP contribution in [0.5, 0.6) is 11.5 Å². The van der Waals surface area contributed by atoms with Gasteiger partial charge < -0.3 is 9.47 Å². The molecule has 26 heavy (non-hydrogen) atoms. The Kier molecular flexibility index (Phi) is 5.24. The standard InChI is InChI=1S/C20H15NO5/c22-20(16-9-5-2-6-10-16)26-17-11-12-18(21(23)24)19(13-17)25-14-15-7-3-1-4-8-15/h1-13H,14H2. The molecule has 0 saturated heterocycles. The number of esters is 1. The molecule has 0 aliphatic rings. The van der Waals surface area contributed by atoms with Gasteiger partial charge in [0.15, 0.2) is 0 Å². The first-order valence-electron chi connectivity index (χ1n) is 7.86. The van der Waals surface area contributed by atoms with Crippen molar-refractivity contribution in [2.24, 2.45) is 0 Å². The van der Waals surface area contributed by atoms with Crippen LogP contribution in [0.25, 0.3) is 0 Å². The molecule has 0 N–H and O–H groups in total. The fourth-order valence-corrected chi connectivity index (χ4v) is 2.30. The molecule has 0 aliphatic carbocycles. The molecular formula is C20H15NO5. The number of benzene rings is 3. The van der Waals surface area contributed by atoms with Gasteiger partial charge >= 0.3 is 11.7 Å². The van der Waals surface area contributed by atoms with Crippen LogP contribution in [-0.2, 0) is 6.61 Å². The van der Waals surface area contributed by atoms with Crippen LogP contribution in [0.3, 0.4) is 0 Å². The van der Waals surface area contributed by atoms with Gasteiger partial charge in [0.05, 0.1) is 10.5 Å². The summed E-state index contributed by atoms with van der Waals surface area (Å²) in [4.78, 5) is 22.8. The minimum Gasteiger partial charge on any atom is -0.482 e. The van der Waals surface area contributed by atoms with Crippen LogP contribution in [-0.4, -0.2) is 10.9 Å². The monoisotopic (exact) mass is 349 g/mol. The molecule has 0 heterocycles. The van der Waals surface area contributed by atoms with Gasteiger partial charge in [0.1, 0.15) is 12.4 Å². The lowest BCUT2D eigenvalue weighted by Gasteiger charge is -2.09. The molecule has 6 nitrogen and oxygen atoms in total. The van der Waals surface area contributed by atoms with Crippen molar-refractivity contribution >= 4 is 11.7 Å². The second-order valence-electron chi connectivity index (χ2n) is 5.42. The molecule has 0 radical (unpaired) electrons. The molecule has 0 atom stereocenters. The van der Waals surface area contributed by atoms with E-state index in [0.29, 0.717) is 5.56 Å². The summed E-state index contributed by atoms with van der Waals surface area (Å²) in [5, 5.41) is 11.2. The van der Waals surface area contributed by atoms with Crippen LogP contribution in [0.2, 0.25) is 0 Å². The van der Waals surface area contributed by atoms with Crippen LogP contribution in [0.15, 0.2) is 78.9 Å². The average molecular weight is 349 g/mol. The van der Waals surface area contributed by atoms with Gasteiger partial charge in [-0.2, -0.15) is 0 Å². The van der Waals surface area contributed by atoms with Gasteiger partial charge in [-0.25, -0.2) is 4.79 Å². The van der Waals surface area contributed by atoms with Gasteiger partial charge in [0, 0.05) is 12.1 Å². The van der Waals surface area contributed by atoms with Gasteiger partial charge in [-0.05, 0) is 23.8 Å². The number of carbonyl (C=O) groups is 1. The van der Waals surface area contributed by atoms with Crippen molar-refractivity contribution < 1.29 is 19.2 Å². The lowest BCUT2D eigenvalue weighted by molar-refractivity contribution is -0.386. The second-order valence-corrected chi connectivity index (χ2v) is 5.42. The second kappa shape index (κ2) is 7.94. The highest BCUT2D eigenvalue weighted by molar-refractivity contribution is 5.91. The van der Waals surface area contributed by atoms with E-state index >= 15 is 0 Å². The summed E-state index contributed by atoms with van der Waals surface area (Å²) in [6.07, 6.45) is 0. The fraction of sp³-hybridized carbons (Fsp3) is 0.0500. The molecule has 0 aliphatic heterocycles. The molecule has 3 rings (SSSR count). The third-order valence-electron chi connectivity index (χ3n) is 3.59. The molecule has 0 fully saturated rings. The predicted octanol–water partition coefficient (Wildman–Crippen LogP) is 4.39. The largest absolute Gasteiger partial charge is 0.482 e. The van der Waals surface area contributed by atoms with Crippen molar-refractivity contribution in [2.45, 2.75) is 6.61 Å². The molecule has 0 spiro atoms. The summed E-state index contributed by atoms with van der Waals surface area (Å²) in [6, 6.07) is 21.7. The molecule has 0 aromatic heterocycles. The van der Waals surface area contributed by atoms with E-state index in [4.69, 9.17) is 9.47 Å². The van der Waals surface area contributed by atoms with Gasteiger partial charge in [-0.1, -0.05) is 48.5 Å². The molecule has 6 heteroatoms. The topological polar surface area (TPSA) is 78.7 Å². The van der Waals surface area contributed by atoms with Crippen LogP contribution in [0, 0.1) is 10.1 Å². The third kappa shape index (κ3) is 4.24. The number of ether oxygens (including phenoxy) is 2. The Morgan fingerprint density at radius 2 is 1.58 bits per heavy atom. The van der Waals surface area contributed by atoms with Crippen molar-refractivity contribution in [2.75, 3.05) is 0 Å². The van der Waals surface area contributed by atoms with E-state index in [1.165, 1.54) is 18.2 Å². The number of nitro benzene ring substituents is 1. The van der Waals surface area contributed by atoms with Crippen molar-refractivity contribution in [3.63, 3.8) is 0 Å². The van der Waals surface area contributed by atoms with E-state index in [2.05, 4.69) is 0 Å². The van der Waals surface area contributed by atoms with Crippen molar-refractivity contribution in [3.05, 3.63) is 100 Å². The molecule has 130 valence electrons. The van der Waals surface area contributed by atoms with Crippen LogP contribution >= 0.6 is 0 Å². The normalized spacial score (nSPS) is 10.2. The van der Waals surface area contributed by atoms with Gasteiger partial charge in [0.25, 0.3) is 0 Å². The van der Waals surface area contributed by atoms with Gasteiger partial charge in [0.2, 0.25) is 5.75 Å². The third-order valence-corrected chi connectivity index (χ3v) is 3.59. The Hall–Kier alpha value is -3.67. The SMILES string of the molecule is O=C(Oc1ccc([N+](=O)[O-])c(OCc2ccccc2)c1)c1ccccc1. The van der Waals surface area contributed by atoms with E-state index in [1.54, 1.807) is 30.3 Å². The van der Waals surface area contributed by atoms with Crippen LogP contribution in [0.4, 0.5) is 5.69 Å². The predicted molar refractivity (Wildman–Crippen MR) is 95.3 cm³/mol. The Bertz CT molecular complexity index is 910. The Labute approximate surface area is 149 Å². The van der Waals surface area contributed by atoms with Crippen LogP contribution < -0.4 is 9.47 Å². The van der Waals surface area contributed by atoms with E-state index in [9.17, 15) is 14.9 Å². The number of nitro groups is 1. The number of carbonyl (C=O) groups excluding carboxylic acids is 1. The highest BCUT2D eigenvalue weighted by Crippen LogP contribution is 2.32. The molecule has 0 bridgehead atoms. The molecule has 0 saturated carbocycles.